The standard InChI is InChI=1S/C16H25NO/c1-13-10-14(2)12-16(11-13)18-9-8-17-15-6-4-3-5-7-15/h10-12,15,17H,3-9H2,1-2H3. The fourth-order valence-electron chi connectivity index (χ4n) is 2.75. The summed E-state index contributed by atoms with van der Waals surface area (Å²) in [5.74, 6) is 0.998. The van der Waals surface area contributed by atoms with Crippen LogP contribution in [0.25, 0.3) is 0 Å². The second-order valence-corrected chi connectivity index (χ2v) is 5.46. The van der Waals surface area contributed by atoms with Gasteiger partial charge in [-0.15, -0.1) is 0 Å². The Hall–Kier alpha value is -1.02. The van der Waals surface area contributed by atoms with Gasteiger partial charge in [0.25, 0.3) is 0 Å². The molecule has 0 saturated heterocycles. The zero-order chi connectivity index (χ0) is 12.8. The molecule has 1 N–H and O–H groups in total. The van der Waals surface area contributed by atoms with Crippen molar-refractivity contribution < 1.29 is 4.74 Å². The van der Waals surface area contributed by atoms with Crippen LogP contribution in [0.5, 0.6) is 5.75 Å². The summed E-state index contributed by atoms with van der Waals surface area (Å²) in [6.07, 6.45) is 6.86. The molecule has 0 unspecified atom stereocenters. The monoisotopic (exact) mass is 247 g/mol. The molecule has 1 aromatic carbocycles. The average molecular weight is 247 g/mol. The van der Waals surface area contributed by atoms with Crippen LogP contribution < -0.4 is 10.1 Å². The van der Waals surface area contributed by atoms with Crippen molar-refractivity contribution in [3.63, 3.8) is 0 Å². The van der Waals surface area contributed by atoms with Gasteiger partial charge in [-0.25, -0.2) is 0 Å². The van der Waals surface area contributed by atoms with Crippen LogP contribution in [0.4, 0.5) is 0 Å². The van der Waals surface area contributed by atoms with Gasteiger partial charge in [-0.05, 0) is 49.9 Å². The number of nitrogens with one attached hydrogen (secondary N) is 1. The summed E-state index contributed by atoms with van der Waals surface area (Å²) in [5, 5.41) is 3.60. The Bertz CT molecular complexity index is 349. The van der Waals surface area contributed by atoms with Crippen LogP contribution in [0.1, 0.15) is 43.2 Å². The third kappa shape index (κ3) is 4.34. The first kappa shape index (κ1) is 13.4. The summed E-state index contributed by atoms with van der Waals surface area (Å²) >= 11 is 0. The molecule has 0 bridgehead atoms. The third-order valence-electron chi connectivity index (χ3n) is 3.60. The SMILES string of the molecule is Cc1cc(C)cc(OCCNC2CCCCC2)c1. The minimum atomic E-state index is 0.724. The second kappa shape index (κ2) is 6.79. The van der Waals surface area contributed by atoms with E-state index >= 15 is 0 Å². The second-order valence-electron chi connectivity index (χ2n) is 5.46. The highest BCUT2D eigenvalue weighted by Gasteiger charge is 2.11. The Morgan fingerprint density at radius 1 is 1.06 bits per heavy atom. The van der Waals surface area contributed by atoms with Gasteiger partial charge in [0.15, 0.2) is 0 Å². The van der Waals surface area contributed by atoms with Gasteiger partial charge in [-0.3, -0.25) is 0 Å². The molecule has 0 atom stereocenters. The van der Waals surface area contributed by atoms with Crippen molar-refractivity contribution in [3.05, 3.63) is 29.3 Å². The molecule has 1 aromatic rings. The summed E-state index contributed by atoms with van der Waals surface area (Å²) < 4.78 is 5.80. The maximum Gasteiger partial charge on any atom is 0.119 e. The predicted molar refractivity (Wildman–Crippen MR) is 76.3 cm³/mol. The smallest absolute Gasteiger partial charge is 0.119 e. The normalized spacial score (nSPS) is 16.8. The van der Waals surface area contributed by atoms with Crippen LogP contribution in [-0.4, -0.2) is 19.2 Å². The molecule has 2 rings (SSSR count). The molecule has 0 aliphatic heterocycles. The van der Waals surface area contributed by atoms with E-state index in [1.54, 1.807) is 0 Å². The zero-order valence-electron chi connectivity index (χ0n) is 11.7. The van der Waals surface area contributed by atoms with Crippen LogP contribution in [0.15, 0.2) is 18.2 Å². The van der Waals surface area contributed by atoms with Crippen molar-refractivity contribution in [1.82, 2.24) is 5.32 Å². The fraction of sp³-hybridized carbons (Fsp3) is 0.625. The van der Waals surface area contributed by atoms with Gasteiger partial charge in [0.2, 0.25) is 0 Å². The minimum absolute atomic E-state index is 0.724. The van der Waals surface area contributed by atoms with Gasteiger partial charge < -0.3 is 10.1 Å². The third-order valence-corrected chi connectivity index (χ3v) is 3.60. The van der Waals surface area contributed by atoms with E-state index < -0.39 is 0 Å². The van der Waals surface area contributed by atoms with E-state index in [1.165, 1.54) is 43.2 Å². The first-order chi connectivity index (χ1) is 8.74. The lowest BCUT2D eigenvalue weighted by Crippen LogP contribution is -2.34. The highest BCUT2D eigenvalue weighted by Crippen LogP contribution is 2.18. The molecule has 0 aromatic heterocycles. The van der Waals surface area contributed by atoms with E-state index in [4.69, 9.17) is 4.74 Å². The van der Waals surface area contributed by atoms with E-state index in [-0.39, 0.29) is 0 Å². The van der Waals surface area contributed by atoms with Crippen molar-refractivity contribution >= 4 is 0 Å². The number of ether oxygens (including phenoxy) is 1. The van der Waals surface area contributed by atoms with Crippen LogP contribution in [-0.2, 0) is 0 Å². The minimum Gasteiger partial charge on any atom is -0.492 e. The zero-order valence-corrected chi connectivity index (χ0v) is 11.7. The molecule has 2 nitrogen and oxygen atoms in total. The summed E-state index contributed by atoms with van der Waals surface area (Å²) in [5.41, 5.74) is 2.54. The molecule has 0 spiro atoms. The molecular weight excluding hydrogens is 222 g/mol. The summed E-state index contributed by atoms with van der Waals surface area (Å²) in [6, 6.07) is 7.11. The average Bonchev–Trinajstić information content (AvgIpc) is 2.35. The maximum absolute atomic E-state index is 5.80. The van der Waals surface area contributed by atoms with Gasteiger partial charge in [-0.1, -0.05) is 25.3 Å². The molecule has 18 heavy (non-hydrogen) atoms. The van der Waals surface area contributed by atoms with Crippen molar-refractivity contribution in [2.24, 2.45) is 0 Å². The van der Waals surface area contributed by atoms with Gasteiger partial charge in [-0.2, -0.15) is 0 Å². The first-order valence-electron chi connectivity index (χ1n) is 7.18. The van der Waals surface area contributed by atoms with Crippen molar-refractivity contribution in [1.29, 1.82) is 0 Å². The fourth-order valence-corrected chi connectivity index (χ4v) is 2.75. The molecule has 0 amide bonds. The Labute approximate surface area is 111 Å². The highest BCUT2D eigenvalue weighted by atomic mass is 16.5. The maximum atomic E-state index is 5.80. The highest BCUT2D eigenvalue weighted by molar-refractivity contribution is 5.32. The number of aryl methyl sites for hydroxylation is 2. The Morgan fingerprint density at radius 3 is 2.39 bits per heavy atom. The van der Waals surface area contributed by atoms with Gasteiger partial charge in [0.05, 0.1) is 0 Å². The molecule has 0 heterocycles. The van der Waals surface area contributed by atoms with Crippen molar-refractivity contribution in [3.8, 4) is 5.75 Å². The predicted octanol–water partition coefficient (Wildman–Crippen LogP) is 3.60. The first-order valence-corrected chi connectivity index (χ1v) is 7.18. The largest absolute Gasteiger partial charge is 0.492 e. The van der Waals surface area contributed by atoms with E-state index in [1.807, 2.05) is 0 Å². The van der Waals surface area contributed by atoms with Gasteiger partial charge in [0, 0.05) is 12.6 Å². The molecule has 0 radical (unpaired) electrons. The number of benzene rings is 1. The van der Waals surface area contributed by atoms with Crippen LogP contribution in [0.3, 0.4) is 0 Å². The molecule has 100 valence electrons. The number of hydrogen-bond acceptors (Lipinski definition) is 2. The topological polar surface area (TPSA) is 21.3 Å². The molecular formula is C16H25NO. The van der Waals surface area contributed by atoms with E-state index in [0.29, 0.717) is 0 Å². The van der Waals surface area contributed by atoms with Crippen molar-refractivity contribution in [2.75, 3.05) is 13.2 Å². The Morgan fingerprint density at radius 2 is 1.72 bits per heavy atom. The van der Waals surface area contributed by atoms with Gasteiger partial charge in [0.1, 0.15) is 12.4 Å². The van der Waals surface area contributed by atoms with Crippen LogP contribution >= 0.6 is 0 Å². The molecule has 1 aliphatic carbocycles. The molecule has 1 aliphatic rings. The number of rotatable bonds is 5. The lowest BCUT2D eigenvalue weighted by atomic mass is 9.96. The molecule has 1 fully saturated rings. The van der Waals surface area contributed by atoms with Crippen molar-refractivity contribution in [2.45, 2.75) is 52.0 Å². The van der Waals surface area contributed by atoms with Gasteiger partial charge >= 0.3 is 0 Å². The Balaban J connectivity index is 1.68. The quantitative estimate of drug-likeness (QED) is 0.803. The molecule has 2 heteroatoms. The van der Waals surface area contributed by atoms with E-state index in [9.17, 15) is 0 Å². The Kier molecular flexibility index (Phi) is 5.06. The number of hydrogen-bond donors (Lipinski definition) is 1. The van der Waals surface area contributed by atoms with E-state index in [0.717, 1.165) is 24.9 Å². The summed E-state index contributed by atoms with van der Waals surface area (Å²) in [6.45, 7) is 5.94. The summed E-state index contributed by atoms with van der Waals surface area (Å²) in [7, 11) is 0. The lowest BCUT2D eigenvalue weighted by molar-refractivity contribution is 0.289. The lowest BCUT2D eigenvalue weighted by Gasteiger charge is -2.22. The van der Waals surface area contributed by atoms with Crippen LogP contribution in [0.2, 0.25) is 0 Å². The summed E-state index contributed by atoms with van der Waals surface area (Å²) in [4.78, 5) is 0. The molecule has 1 saturated carbocycles. The van der Waals surface area contributed by atoms with E-state index in [2.05, 4.69) is 37.4 Å². The van der Waals surface area contributed by atoms with Crippen LogP contribution in [0, 0.1) is 13.8 Å².